The minimum Gasteiger partial charge on any atom is -0.484 e. The molecule has 1 aromatic heterocycles. The van der Waals surface area contributed by atoms with Gasteiger partial charge in [0, 0.05) is 18.0 Å². The van der Waals surface area contributed by atoms with Gasteiger partial charge in [0.25, 0.3) is 0 Å². The Morgan fingerprint density at radius 2 is 2.19 bits per heavy atom. The number of aryl methyl sites for hydroxylation is 1. The molecular formula is C24H32N4O2S. The van der Waals surface area contributed by atoms with E-state index in [0.29, 0.717) is 23.7 Å². The Labute approximate surface area is 186 Å². The highest BCUT2D eigenvalue weighted by Gasteiger charge is 2.22. The average molecular weight is 441 g/mol. The fraction of sp³-hybridized carbons (Fsp3) is 0.458. The molecule has 2 N–H and O–H groups in total. The molecule has 0 saturated carbocycles. The number of anilines is 1. The van der Waals surface area contributed by atoms with Gasteiger partial charge in [0.2, 0.25) is 0 Å². The summed E-state index contributed by atoms with van der Waals surface area (Å²) in [4.78, 5) is 4.37. The van der Waals surface area contributed by atoms with Crippen molar-refractivity contribution in [3.05, 3.63) is 52.8 Å². The van der Waals surface area contributed by atoms with Crippen LogP contribution >= 0.6 is 10.0 Å². The highest BCUT2D eigenvalue weighted by Crippen LogP contribution is 2.38. The van der Waals surface area contributed by atoms with Gasteiger partial charge in [-0.1, -0.05) is 13.0 Å². The Morgan fingerprint density at radius 3 is 2.94 bits per heavy atom. The number of rotatable bonds is 10. The standard InChI is InChI=1S/C24H32N4O2S/c1-4-31(2,3)11-10-29-17-28-22-13-20(16-27-23(22)15-26)30-24-7-5-6-19-12-18(14-25)8-9-21(19)24/h8-9,12-13,15-16,24,26,28H,4-7,10-11,17H2,1-3H3. The largest absolute Gasteiger partial charge is 0.484 e. The predicted molar refractivity (Wildman–Crippen MR) is 129 cm³/mol. The van der Waals surface area contributed by atoms with Crippen molar-refractivity contribution in [2.24, 2.45) is 0 Å². The fourth-order valence-corrected chi connectivity index (χ4v) is 4.39. The maximum absolute atomic E-state index is 9.15. The van der Waals surface area contributed by atoms with Gasteiger partial charge in [-0.15, -0.1) is 0 Å². The number of aromatic nitrogens is 1. The monoisotopic (exact) mass is 440 g/mol. The van der Waals surface area contributed by atoms with Crippen LogP contribution in [0.1, 0.15) is 48.3 Å². The van der Waals surface area contributed by atoms with E-state index in [4.69, 9.17) is 20.1 Å². The van der Waals surface area contributed by atoms with E-state index in [9.17, 15) is 0 Å². The van der Waals surface area contributed by atoms with Crippen LogP contribution in [0.25, 0.3) is 0 Å². The van der Waals surface area contributed by atoms with Crippen LogP contribution in [0.3, 0.4) is 0 Å². The average Bonchev–Trinajstić information content (AvgIpc) is 2.78. The quantitative estimate of drug-likeness (QED) is 0.312. The minimum atomic E-state index is -0.569. The van der Waals surface area contributed by atoms with E-state index in [-0.39, 0.29) is 6.10 Å². The lowest BCUT2D eigenvalue weighted by Crippen LogP contribution is -2.16. The molecule has 1 atom stereocenters. The van der Waals surface area contributed by atoms with Crippen molar-refractivity contribution in [3.8, 4) is 11.8 Å². The van der Waals surface area contributed by atoms with E-state index in [1.54, 1.807) is 6.20 Å². The van der Waals surface area contributed by atoms with E-state index >= 15 is 0 Å². The summed E-state index contributed by atoms with van der Waals surface area (Å²) in [6.45, 7) is 3.32. The van der Waals surface area contributed by atoms with E-state index in [1.165, 1.54) is 17.5 Å². The normalized spacial score (nSPS) is 16.1. The fourth-order valence-electron chi connectivity index (χ4n) is 3.53. The molecular weight excluding hydrogens is 408 g/mol. The summed E-state index contributed by atoms with van der Waals surface area (Å²) in [5.41, 5.74) is 4.29. The van der Waals surface area contributed by atoms with Gasteiger partial charge in [0.15, 0.2) is 0 Å². The molecule has 0 amide bonds. The van der Waals surface area contributed by atoms with Crippen molar-refractivity contribution in [1.82, 2.24) is 4.98 Å². The summed E-state index contributed by atoms with van der Waals surface area (Å²) >= 11 is 0. The van der Waals surface area contributed by atoms with Crippen LogP contribution in [-0.4, -0.2) is 48.6 Å². The summed E-state index contributed by atoms with van der Waals surface area (Å²) in [6.07, 6.45) is 10.4. The van der Waals surface area contributed by atoms with Crippen molar-refractivity contribution in [2.75, 3.05) is 42.7 Å². The van der Waals surface area contributed by atoms with Crippen LogP contribution in [0.5, 0.6) is 5.75 Å². The number of ether oxygens (including phenoxy) is 2. The molecule has 7 heteroatoms. The molecule has 0 spiro atoms. The molecule has 6 nitrogen and oxygen atoms in total. The molecule has 31 heavy (non-hydrogen) atoms. The van der Waals surface area contributed by atoms with Gasteiger partial charge in [-0.05, 0) is 60.8 Å². The number of nitrogens with one attached hydrogen (secondary N) is 2. The zero-order valence-corrected chi connectivity index (χ0v) is 19.4. The van der Waals surface area contributed by atoms with Crippen LogP contribution in [0.4, 0.5) is 5.69 Å². The lowest BCUT2D eigenvalue weighted by Gasteiger charge is -2.29. The summed E-state index contributed by atoms with van der Waals surface area (Å²) in [5, 5.41) is 20.0. The molecule has 0 saturated heterocycles. The minimum absolute atomic E-state index is 0.0625. The summed E-state index contributed by atoms with van der Waals surface area (Å²) in [7, 11) is -0.569. The van der Waals surface area contributed by atoms with Crippen molar-refractivity contribution >= 4 is 21.9 Å². The SMILES string of the molecule is CCS(C)(C)CCOCNc1cc(OC2CCCc3cc(C#N)ccc32)cnc1C=N. The zero-order chi connectivity index (χ0) is 22.3. The van der Waals surface area contributed by atoms with Gasteiger partial charge < -0.3 is 20.2 Å². The molecule has 166 valence electrons. The zero-order valence-electron chi connectivity index (χ0n) is 18.6. The van der Waals surface area contributed by atoms with Crippen molar-refractivity contribution in [3.63, 3.8) is 0 Å². The molecule has 1 aromatic carbocycles. The smallest absolute Gasteiger partial charge is 0.140 e. The van der Waals surface area contributed by atoms with Gasteiger partial charge in [-0.25, -0.2) is 15.0 Å². The molecule has 1 aliphatic rings. The number of hydrogen-bond acceptors (Lipinski definition) is 6. The lowest BCUT2D eigenvalue weighted by molar-refractivity contribution is 0.168. The van der Waals surface area contributed by atoms with Gasteiger partial charge in [-0.2, -0.15) is 5.26 Å². The van der Waals surface area contributed by atoms with E-state index in [0.717, 1.165) is 42.9 Å². The molecule has 0 bridgehead atoms. The molecule has 1 aliphatic carbocycles. The van der Waals surface area contributed by atoms with Gasteiger partial charge in [-0.3, -0.25) is 0 Å². The van der Waals surface area contributed by atoms with Crippen LogP contribution in [0.15, 0.2) is 30.5 Å². The van der Waals surface area contributed by atoms with Crippen molar-refractivity contribution in [2.45, 2.75) is 32.3 Å². The highest BCUT2D eigenvalue weighted by molar-refractivity contribution is 8.32. The summed E-state index contributed by atoms with van der Waals surface area (Å²) in [6, 6.07) is 9.91. The lowest BCUT2D eigenvalue weighted by atomic mass is 9.88. The van der Waals surface area contributed by atoms with E-state index in [2.05, 4.69) is 35.8 Å². The summed E-state index contributed by atoms with van der Waals surface area (Å²) < 4.78 is 12.1. The second-order valence-corrected chi connectivity index (χ2v) is 12.8. The third-order valence-corrected chi connectivity index (χ3v) is 8.60. The molecule has 0 aliphatic heterocycles. The van der Waals surface area contributed by atoms with Gasteiger partial charge in [0.05, 0.1) is 30.1 Å². The van der Waals surface area contributed by atoms with E-state index in [1.807, 2.05) is 24.3 Å². The number of nitriles is 1. The summed E-state index contributed by atoms with van der Waals surface area (Å²) in [5.74, 6) is 2.94. The Balaban J connectivity index is 1.65. The third-order valence-electron chi connectivity index (χ3n) is 5.77. The van der Waals surface area contributed by atoms with Gasteiger partial charge >= 0.3 is 0 Å². The topological polar surface area (TPSA) is 91.0 Å². The Hall–Kier alpha value is -2.56. The predicted octanol–water partition coefficient (Wildman–Crippen LogP) is 4.88. The van der Waals surface area contributed by atoms with Crippen LogP contribution in [0, 0.1) is 16.7 Å². The maximum Gasteiger partial charge on any atom is 0.140 e. The number of nitrogens with zero attached hydrogens (tertiary/aromatic N) is 2. The molecule has 1 heterocycles. The Bertz CT molecular complexity index is 955. The van der Waals surface area contributed by atoms with Gasteiger partial charge in [0.1, 0.15) is 24.3 Å². The second kappa shape index (κ2) is 10.7. The number of fused-ring (bicyclic) bond motifs is 1. The molecule has 0 fully saturated rings. The maximum atomic E-state index is 9.15. The molecule has 2 aromatic rings. The van der Waals surface area contributed by atoms with Crippen LogP contribution < -0.4 is 10.1 Å². The first-order valence-electron chi connectivity index (χ1n) is 10.7. The van der Waals surface area contributed by atoms with Crippen LogP contribution in [0.2, 0.25) is 0 Å². The number of pyridine rings is 1. The van der Waals surface area contributed by atoms with Crippen LogP contribution in [-0.2, 0) is 11.2 Å². The number of benzene rings is 1. The first-order chi connectivity index (χ1) is 15.0. The Kier molecular flexibility index (Phi) is 7.94. The van der Waals surface area contributed by atoms with Crippen molar-refractivity contribution < 1.29 is 9.47 Å². The molecule has 3 rings (SSSR count). The van der Waals surface area contributed by atoms with E-state index < -0.39 is 10.0 Å². The molecule has 1 unspecified atom stereocenters. The Morgan fingerprint density at radius 1 is 1.35 bits per heavy atom. The number of hydrogen-bond donors (Lipinski definition) is 2. The molecule has 0 radical (unpaired) electrons. The second-order valence-electron chi connectivity index (χ2n) is 8.26. The first-order valence-corrected chi connectivity index (χ1v) is 13.4. The highest BCUT2D eigenvalue weighted by atomic mass is 32.3. The first kappa shape index (κ1) is 23.1. The third kappa shape index (κ3) is 6.22. The van der Waals surface area contributed by atoms with Crippen molar-refractivity contribution in [1.29, 1.82) is 10.7 Å².